The van der Waals surface area contributed by atoms with E-state index in [1.54, 1.807) is 6.92 Å². The molecule has 3 aromatic rings. The van der Waals surface area contributed by atoms with Crippen molar-refractivity contribution >= 4 is 58.6 Å². The monoisotopic (exact) mass is 396 g/mol. The van der Waals surface area contributed by atoms with Crippen molar-refractivity contribution in [2.45, 2.75) is 6.92 Å². The number of halogens is 2. The van der Waals surface area contributed by atoms with Crippen molar-refractivity contribution in [1.29, 1.82) is 0 Å². The van der Waals surface area contributed by atoms with Crippen LogP contribution in [-0.2, 0) is 4.74 Å². The quantitative estimate of drug-likeness (QED) is 0.454. The van der Waals surface area contributed by atoms with Gasteiger partial charge in [0.2, 0.25) is 0 Å². The van der Waals surface area contributed by atoms with Gasteiger partial charge in [-0.25, -0.2) is 14.8 Å². The lowest BCUT2D eigenvalue weighted by Crippen LogP contribution is -2.13. The number of aromatic amines is 1. The zero-order valence-corrected chi connectivity index (χ0v) is 15.0. The second-order valence-electron chi connectivity index (χ2n) is 4.93. The molecule has 1 amide bonds. The van der Waals surface area contributed by atoms with Crippen LogP contribution in [0.25, 0.3) is 11.0 Å². The van der Waals surface area contributed by atoms with E-state index >= 15 is 0 Å². The number of ether oxygens (including phenoxy) is 1. The van der Waals surface area contributed by atoms with Crippen LogP contribution < -0.4 is 11.1 Å². The van der Waals surface area contributed by atoms with Crippen LogP contribution in [-0.4, -0.2) is 38.6 Å². The number of H-pyrrole nitrogens is 1. The highest BCUT2D eigenvalue weighted by Crippen LogP contribution is 2.24. The highest BCUT2D eigenvalue weighted by atomic mass is 35.5. The van der Waals surface area contributed by atoms with E-state index in [0.29, 0.717) is 16.6 Å². The van der Waals surface area contributed by atoms with Gasteiger partial charge in [-0.2, -0.15) is 5.10 Å². The fourth-order valence-corrected chi connectivity index (χ4v) is 2.23. The molecule has 0 aromatic carbocycles. The third-order valence-corrected chi connectivity index (χ3v) is 3.52. The first-order valence-corrected chi connectivity index (χ1v) is 7.62. The molecule has 0 radical (unpaired) electrons. The van der Waals surface area contributed by atoms with Gasteiger partial charge >= 0.3 is 5.97 Å². The van der Waals surface area contributed by atoms with Crippen LogP contribution in [0.15, 0.2) is 24.4 Å². The number of rotatable bonds is 4. The van der Waals surface area contributed by atoms with E-state index in [0.717, 1.165) is 0 Å². The van der Waals surface area contributed by atoms with Gasteiger partial charge in [0.05, 0.1) is 17.6 Å². The summed E-state index contributed by atoms with van der Waals surface area (Å²) in [6, 6.07) is 4.49. The number of carbonyl (C=O) groups is 2. The molecule has 0 bridgehead atoms. The minimum Gasteiger partial charge on any atom is -0.462 e. The summed E-state index contributed by atoms with van der Waals surface area (Å²) >= 11 is 5.70. The van der Waals surface area contributed by atoms with E-state index in [1.807, 2.05) is 0 Å². The molecule has 3 aromatic heterocycles. The standard InChI is InChI=1S/C15H13ClN6O3.ClH/c1-2-25-15(24)8-5-9-12(19-11(8)17)21-22-13(9)20-14(23)7-3-4-10(16)18-6-7;/h3-6H,2H2,1H3,(H4,17,19,20,21,22,23);1H. The molecule has 3 heterocycles. The average Bonchev–Trinajstić information content (AvgIpc) is 2.96. The first-order valence-electron chi connectivity index (χ1n) is 7.24. The van der Waals surface area contributed by atoms with E-state index in [-0.39, 0.29) is 41.4 Å². The van der Waals surface area contributed by atoms with Crippen molar-refractivity contribution in [3.8, 4) is 0 Å². The summed E-state index contributed by atoms with van der Waals surface area (Å²) in [5, 5.41) is 9.96. The number of aromatic nitrogens is 4. The smallest absolute Gasteiger partial charge is 0.341 e. The van der Waals surface area contributed by atoms with Crippen molar-refractivity contribution in [3.05, 3.63) is 40.7 Å². The molecule has 0 saturated heterocycles. The average molecular weight is 397 g/mol. The van der Waals surface area contributed by atoms with Crippen LogP contribution in [0.1, 0.15) is 27.6 Å². The molecule has 136 valence electrons. The summed E-state index contributed by atoms with van der Waals surface area (Å²) in [7, 11) is 0. The second kappa shape index (κ2) is 7.98. The number of hydrogen-bond donors (Lipinski definition) is 3. The first kappa shape index (κ1) is 19.4. The molecule has 0 spiro atoms. The first-order chi connectivity index (χ1) is 12.0. The molecule has 0 saturated carbocycles. The molecular formula is C15H14Cl2N6O3. The number of anilines is 2. The van der Waals surface area contributed by atoms with Gasteiger partial charge in [0.25, 0.3) is 5.91 Å². The van der Waals surface area contributed by atoms with E-state index in [9.17, 15) is 9.59 Å². The van der Waals surface area contributed by atoms with Crippen LogP contribution in [0, 0.1) is 0 Å². The van der Waals surface area contributed by atoms with Crippen LogP contribution in [0.3, 0.4) is 0 Å². The van der Waals surface area contributed by atoms with Crippen LogP contribution in [0.2, 0.25) is 5.15 Å². The van der Waals surface area contributed by atoms with Gasteiger partial charge in [0.15, 0.2) is 11.5 Å². The fraction of sp³-hybridized carbons (Fsp3) is 0.133. The van der Waals surface area contributed by atoms with Crippen LogP contribution >= 0.6 is 24.0 Å². The predicted octanol–water partition coefficient (Wildman–Crippen LogP) is 2.44. The highest BCUT2D eigenvalue weighted by molar-refractivity contribution is 6.29. The second-order valence-corrected chi connectivity index (χ2v) is 5.32. The SMILES string of the molecule is CCOC(=O)c1cc2c(NC(=O)c3ccc(Cl)nc3)n[nH]c2nc1N.Cl. The van der Waals surface area contributed by atoms with Crippen molar-refractivity contribution in [2.24, 2.45) is 0 Å². The van der Waals surface area contributed by atoms with Crippen molar-refractivity contribution in [3.63, 3.8) is 0 Å². The zero-order chi connectivity index (χ0) is 18.0. The Bertz CT molecular complexity index is 958. The molecule has 0 aliphatic carbocycles. The lowest BCUT2D eigenvalue weighted by molar-refractivity contribution is 0.0527. The molecule has 0 aliphatic rings. The number of amides is 1. The van der Waals surface area contributed by atoms with E-state index in [1.165, 1.54) is 24.4 Å². The summed E-state index contributed by atoms with van der Waals surface area (Å²) in [6.45, 7) is 1.89. The number of carbonyl (C=O) groups excluding carboxylic acids is 2. The highest BCUT2D eigenvalue weighted by Gasteiger charge is 2.18. The van der Waals surface area contributed by atoms with Gasteiger partial charge in [-0.15, -0.1) is 12.4 Å². The number of nitrogens with two attached hydrogens (primary N) is 1. The number of nitrogens with zero attached hydrogens (tertiary/aromatic N) is 3. The van der Waals surface area contributed by atoms with Gasteiger partial charge in [-0.05, 0) is 25.1 Å². The molecule has 26 heavy (non-hydrogen) atoms. The van der Waals surface area contributed by atoms with Crippen molar-refractivity contribution < 1.29 is 14.3 Å². The Balaban J connectivity index is 0.00000243. The van der Waals surface area contributed by atoms with Gasteiger partial charge in [0, 0.05) is 6.20 Å². The Hall–Kier alpha value is -2.91. The molecular weight excluding hydrogens is 383 g/mol. The minimum atomic E-state index is -0.602. The van der Waals surface area contributed by atoms with E-state index in [4.69, 9.17) is 22.1 Å². The Morgan fingerprint density at radius 1 is 1.38 bits per heavy atom. The summed E-state index contributed by atoms with van der Waals surface area (Å²) in [5.41, 5.74) is 6.49. The lowest BCUT2D eigenvalue weighted by Gasteiger charge is -2.06. The molecule has 0 unspecified atom stereocenters. The molecule has 3 rings (SSSR count). The van der Waals surface area contributed by atoms with E-state index in [2.05, 4.69) is 25.5 Å². The van der Waals surface area contributed by atoms with Gasteiger partial charge in [0.1, 0.15) is 16.5 Å². The van der Waals surface area contributed by atoms with Crippen LogP contribution in [0.5, 0.6) is 0 Å². The number of nitrogens with one attached hydrogen (secondary N) is 2. The van der Waals surface area contributed by atoms with E-state index < -0.39 is 11.9 Å². The number of esters is 1. The van der Waals surface area contributed by atoms with Crippen molar-refractivity contribution in [2.75, 3.05) is 17.7 Å². The summed E-state index contributed by atoms with van der Waals surface area (Å²) in [4.78, 5) is 32.1. The predicted molar refractivity (Wildman–Crippen MR) is 98.7 cm³/mol. The van der Waals surface area contributed by atoms with Crippen LogP contribution in [0.4, 0.5) is 11.6 Å². The Labute approximate surface area is 158 Å². The Kier molecular flexibility index (Phi) is 5.96. The number of hydrogen-bond acceptors (Lipinski definition) is 7. The third-order valence-electron chi connectivity index (χ3n) is 3.30. The zero-order valence-electron chi connectivity index (χ0n) is 13.4. The Morgan fingerprint density at radius 3 is 2.81 bits per heavy atom. The maximum absolute atomic E-state index is 12.3. The number of pyridine rings is 2. The van der Waals surface area contributed by atoms with Crippen molar-refractivity contribution in [1.82, 2.24) is 20.2 Å². The maximum Gasteiger partial charge on any atom is 0.341 e. The van der Waals surface area contributed by atoms with Gasteiger partial charge in [-0.1, -0.05) is 11.6 Å². The molecule has 9 nitrogen and oxygen atoms in total. The molecule has 4 N–H and O–H groups in total. The number of nitrogen functional groups attached to an aromatic ring is 1. The normalized spacial score (nSPS) is 10.2. The Morgan fingerprint density at radius 2 is 2.15 bits per heavy atom. The maximum atomic E-state index is 12.3. The molecule has 0 atom stereocenters. The summed E-state index contributed by atoms with van der Waals surface area (Å²) in [6.07, 6.45) is 1.34. The van der Waals surface area contributed by atoms with Gasteiger partial charge < -0.3 is 15.8 Å². The summed E-state index contributed by atoms with van der Waals surface area (Å²) in [5.74, 6) is -0.829. The molecule has 0 aliphatic heterocycles. The molecule has 0 fully saturated rings. The summed E-state index contributed by atoms with van der Waals surface area (Å²) < 4.78 is 4.94. The topological polar surface area (TPSA) is 136 Å². The third kappa shape index (κ3) is 3.84. The largest absolute Gasteiger partial charge is 0.462 e. The lowest BCUT2D eigenvalue weighted by atomic mass is 10.2. The molecule has 11 heteroatoms. The fourth-order valence-electron chi connectivity index (χ4n) is 2.12. The van der Waals surface area contributed by atoms with Gasteiger partial charge in [-0.3, -0.25) is 9.89 Å². The number of fused-ring (bicyclic) bond motifs is 1. The minimum absolute atomic E-state index is 0.